The minimum atomic E-state index is -0.783. The number of hydrogen-bond donors (Lipinski definition) is 2. The fourth-order valence-corrected chi connectivity index (χ4v) is 4.32. The number of benzene rings is 2. The van der Waals surface area contributed by atoms with Crippen LogP contribution in [0.4, 0.5) is 25.8 Å². The van der Waals surface area contributed by atoms with Crippen LogP contribution >= 0.6 is 0 Å². The van der Waals surface area contributed by atoms with Crippen molar-refractivity contribution in [3.63, 3.8) is 0 Å². The second-order valence-corrected chi connectivity index (χ2v) is 8.20. The van der Waals surface area contributed by atoms with E-state index in [1.807, 2.05) is 12.1 Å². The van der Waals surface area contributed by atoms with Gasteiger partial charge in [0.15, 0.2) is 0 Å². The maximum Gasteiger partial charge on any atom is 0.229 e. The number of primary amides is 1. The van der Waals surface area contributed by atoms with Crippen molar-refractivity contribution in [2.75, 3.05) is 34.8 Å². The molecule has 3 N–H and O–H groups in total. The summed E-state index contributed by atoms with van der Waals surface area (Å²) in [4.78, 5) is 40.1. The molecule has 7 nitrogen and oxygen atoms in total. The second kappa shape index (κ2) is 8.94. The molecule has 0 saturated carbocycles. The molecule has 2 aromatic carbocycles. The zero-order valence-corrected chi connectivity index (χ0v) is 17.4. The van der Waals surface area contributed by atoms with Gasteiger partial charge in [-0.1, -0.05) is 12.1 Å². The summed E-state index contributed by atoms with van der Waals surface area (Å²) in [5.74, 6) is -3.35. The van der Waals surface area contributed by atoms with Crippen LogP contribution in [0.3, 0.4) is 0 Å². The summed E-state index contributed by atoms with van der Waals surface area (Å²) in [6.07, 6.45) is 1.25. The quantitative estimate of drug-likeness (QED) is 0.744. The van der Waals surface area contributed by atoms with Crippen LogP contribution in [0.15, 0.2) is 42.5 Å². The Balaban J connectivity index is 1.45. The molecule has 0 spiro atoms. The number of hydrogen-bond acceptors (Lipinski definition) is 4. The second-order valence-electron chi connectivity index (χ2n) is 8.20. The number of nitrogens with one attached hydrogen (secondary N) is 1. The van der Waals surface area contributed by atoms with Gasteiger partial charge in [-0.2, -0.15) is 0 Å². The molecule has 3 amide bonds. The summed E-state index contributed by atoms with van der Waals surface area (Å²) in [5, 5.41) is 2.90. The first-order chi connectivity index (χ1) is 15.3. The number of piperidine rings is 1. The molecule has 32 heavy (non-hydrogen) atoms. The maximum absolute atomic E-state index is 13.6. The molecule has 1 unspecified atom stereocenters. The van der Waals surface area contributed by atoms with Gasteiger partial charge in [0.05, 0.1) is 17.3 Å². The Hall–Kier alpha value is -3.49. The fourth-order valence-electron chi connectivity index (χ4n) is 4.32. The van der Waals surface area contributed by atoms with Crippen LogP contribution in [0.1, 0.15) is 19.3 Å². The lowest BCUT2D eigenvalue weighted by Crippen LogP contribution is -2.39. The van der Waals surface area contributed by atoms with Crippen LogP contribution in [-0.4, -0.2) is 37.4 Å². The summed E-state index contributed by atoms with van der Waals surface area (Å²) in [5.41, 5.74) is 6.95. The first kappa shape index (κ1) is 21.7. The predicted molar refractivity (Wildman–Crippen MR) is 116 cm³/mol. The van der Waals surface area contributed by atoms with Gasteiger partial charge in [0.1, 0.15) is 11.6 Å². The van der Waals surface area contributed by atoms with Gasteiger partial charge in [0.25, 0.3) is 0 Å². The highest BCUT2D eigenvalue weighted by atomic mass is 19.1. The van der Waals surface area contributed by atoms with E-state index in [-0.39, 0.29) is 42.3 Å². The lowest BCUT2D eigenvalue weighted by Gasteiger charge is -2.33. The van der Waals surface area contributed by atoms with E-state index in [1.54, 1.807) is 12.1 Å². The third kappa shape index (κ3) is 4.56. The van der Waals surface area contributed by atoms with Crippen molar-refractivity contribution in [1.82, 2.24) is 0 Å². The van der Waals surface area contributed by atoms with Gasteiger partial charge in [-0.25, -0.2) is 8.78 Å². The van der Waals surface area contributed by atoms with Crippen molar-refractivity contribution < 1.29 is 23.2 Å². The number of nitrogens with zero attached hydrogens (tertiary/aromatic N) is 2. The predicted octanol–water partition coefficient (Wildman–Crippen LogP) is 2.66. The monoisotopic (exact) mass is 442 g/mol. The molecule has 168 valence electrons. The van der Waals surface area contributed by atoms with Crippen molar-refractivity contribution >= 4 is 34.8 Å². The Kier molecular flexibility index (Phi) is 6.07. The molecule has 0 aromatic heterocycles. The third-order valence-electron chi connectivity index (χ3n) is 6.05. The molecule has 2 heterocycles. The van der Waals surface area contributed by atoms with E-state index in [2.05, 4.69) is 10.2 Å². The average molecular weight is 442 g/mol. The Morgan fingerprint density at radius 1 is 1.00 bits per heavy atom. The summed E-state index contributed by atoms with van der Waals surface area (Å²) in [7, 11) is 0. The summed E-state index contributed by atoms with van der Waals surface area (Å²) in [6, 6.07) is 10.2. The number of para-hydroxylation sites is 2. The largest absolute Gasteiger partial charge is 0.370 e. The highest BCUT2D eigenvalue weighted by Gasteiger charge is 2.36. The number of carbonyl (C=O) groups excluding carboxylic acids is 3. The highest BCUT2D eigenvalue weighted by molar-refractivity contribution is 6.04. The summed E-state index contributed by atoms with van der Waals surface area (Å²) in [6.45, 7) is 1.32. The molecular formula is C23H24F2N4O3. The van der Waals surface area contributed by atoms with Crippen LogP contribution in [0, 0.1) is 23.5 Å². The van der Waals surface area contributed by atoms with Crippen molar-refractivity contribution in [3.05, 3.63) is 54.1 Å². The summed E-state index contributed by atoms with van der Waals surface area (Å²) >= 11 is 0. The minimum Gasteiger partial charge on any atom is -0.370 e. The van der Waals surface area contributed by atoms with Crippen LogP contribution in [0.25, 0.3) is 0 Å². The van der Waals surface area contributed by atoms with Gasteiger partial charge in [-0.3, -0.25) is 14.4 Å². The molecule has 0 aliphatic carbocycles. The zero-order valence-electron chi connectivity index (χ0n) is 17.4. The standard InChI is InChI=1S/C23H24F2N4O3/c24-16-10-17(25)12-18(11-16)29-13-15(9-21(29)30)23(32)27-19-3-1-2-4-20(19)28-7-5-14(6-8-28)22(26)31/h1-4,10-12,14-15H,5-9,13H2,(H2,26,31)(H,27,32). The van der Waals surface area contributed by atoms with E-state index < -0.39 is 17.6 Å². The zero-order chi connectivity index (χ0) is 22.8. The highest BCUT2D eigenvalue weighted by Crippen LogP contribution is 2.32. The van der Waals surface area contributed by atoms with Gasteiger partial charge >= 0.3 is 0 Å². The van der Waals surface area contributed by atoms with Crippen LogP contribution in [0.2, 0.25) is 0 Å². The van der Waals surface area contributed by atoms with Crippen LogP contribution in [-0.2, 0) is 14.4 Å². The first-order valence-corrected chi connectivity index (χ1v) is 10.5. The molecule has 0 radical (unpaired) electrons. The summed E-state index contributed by atoms with van der Waals surface area (Å²) < 4.78 is 27.1. The van der Waals surface area contributed by atoms with Crippen molar-refractivity contribution in [1.29, 1.82) is 0 Å². The van der Waals surface area contributed by atoms with Gasteiger partial charge in [-0.15, -0.1) is 0 Å². The van der Waals surface area contributed by atoms with Gasteiger partial charge < -0.3 is 20.9 Å². The van der Waals surface area contributed by atoms with Gasteiger partial charge in [0.2, 0.25) is 17.7 Å². The maximum atomic E-state index is 13.6. The van der Waals surface area contributed by atoms with Crippen molar-refractivity contribution in [2.24, 2.45) is 17.6 Å². The minimum absolute atomic E-state index is 0.0414. The first-order valence-electron chi connectivity index (χ1n) is 10.5. The molecule has 2 saturated heterocycles. The van der Waals surface area contributed by atoms with E-state index in [4.69, 9.17) is 5.73 Å². The Labute approximate surface area is 184 Å². The normalized spacial score (nSPS) is 19.3. The van der Waals surface area contributed by atoms with E-state index in [0.29, 0.717) is 31.6 Å². The van der Waals surface area contributed by atoms with Crippen LogP contribution in [0.5, 0.6) is 0 Å². The molecule has 2 aliphatic heterocycles. The smallest absolute Gasteiger partial charge is 0.229 e. The van der Waals surface area contributed by atoms with Crippen molar-refractivity contribution in [2.45, 2.75) is 19.3 Å². The lowest BCUT2D eigenvalue weighted by molar-refractivity contribution is -0.122. The molecule has 2 aliphatic rings. The lowest BCUT2D eigenvalue weighted by atomic mass is 9.96. The fraction of sp³-hybridized carbons (Fsp3) is 0.348. The van der Waals surface area contributed by atoms with Gasteiger partial charge in [0, 0.05) is 43.7 Å². The number of nitrogens with two attached hydrogens (primary N) is 1. The SMILES string of the molecule is NC(=O)C1CCN(c2ccccc2NC(=O)C2CC(=O)N(c3cc(F)cc(F)c3)C2)CC1. The molecule has 2 aromatic rings. The van der Waals surface area contributed by atoms with Crippen molar-refractivity contribution in [3.8, 4) is 0 Å². The van der Waals surface area contributed by atoms with E-state index in [9.17, 15) is 23.2 Å². The topological polar surface area (TPSA) is 95.7 Å². The van der Waals surface area contributed by atoms with E-state index in [1.165, 1.54) is 4.90 Å². The van der Waals surface area contributed by atoms with Gasteiger partial charge in [-0.05, 0) is 37.1 Å². The number of rotatable bonds is 5. The Morgan fingerprint density at radius 2 is 1.66 bits per heavy atom. The number of anilines is 3. The molecular weight excluding hydrogens is 418 g/mol. The average Bonchev–Trinajstić information content (AvgIpc) is 3.15. The molecule has 9 heteroatoms. The van der Waals surface area contributed by atoms with Crippen LogP contribution < -0.4 is 20.9 Å². The Bertz CT molecular complexity index is 1030. The van der Waals surface area contributed by atoms with E-state index >= 15 is 0 Å². The van der Waals surface area contributed by atoms with E-state index in [0.717, 1.165) is 23.9 Å². The third-order valence-corrected chi connectivity index (χ3v) is 6.05. The number of amides is 3. The molecule has 4 rings (SSSR count). The molecule has 2 fully saturated rings. The Morgan fingerprint density at radius 3 is 2.31 bits per heavy atom. The number of carbonyl (C=O) groups is 3. The number of halogens is 2. The molecule has 1 atom stereocenters. The molecule has 0 bridgehead atoms.